The van der Waals surface area contributed by atoms with Crippen molar-refractivity contribution in [2.75, 3.05) is 7.05 Å². The molecule has 24 heavy (non-hydrogen) atoms. The number of aliphatic carboxylic acids is 1. The summed E-state index contributed by atoms with van der Waals surface area (Å²) < 4.78 is 12.9. The molecule has 0 heterocycles. The first-order chi connectivity index (χ1) is 11.5. The van der Waals surface area contributed by atoms with Crippen LogP contribution in [0.2, 0.25) is 0 Å². The highest BCUT2D eigenvalue weighted by Crippen LogP contribution is 2.12. The molecule has 2 aromatic rings. The van der Waals surface area contributed by atoms with Crippen molar-refractivity contribution >= 4 is 11.9 Å². The zero-order valence-electron chi connectivity index (χ0n) is 13.5. The van der Waals surface area contributed by atoms with Gasteiger partial charge in [0.1, 0.15) is 11.9 Å². The van der Waals surface area contributed by atoms with Crippen LogP contribution in [0, 0.1) is 5.82 Å². The molecule has 0 fully saturated rings. The molecule has 0 saturated heterocycles. The minimum atomic E-state index is -1.03. The van der Waals surface area contributed by atoms with Crippen molar-refractivity contribution in [2.45, 2.75) is 25.3 Å². The van der Waals surface area contributed by atoms with Gasteiger partial charge in [-0.3, -0.25) is 4.79 Å². The zero-order valence-corrected chi connectivity index (χ0v) is 13.5. The lowest BCUT2D eigenvalue weighted by Crippen LogP contribution is -2.43. The largest absolute Gasteiger partial charge is 0.480 e. The van der Waals surface area contributed by atoms with E-state index in [0.717, 1.165) is 11.1 Å². The van der Waals surface area contributed by atoms with Crippen molar-refractivity contribution in [1.29, 1.82) is 0 Å². The second-order valence-electron chi connectivity index (χ2n) is 5.67. The molecule has 4 nitrogen and oxygen atoms in total. The van der Waals surface area contributed by atoms with E-state index in [1.165, 1.54) is 24.1 Å². The Kier molecular flexibility index (Phi) is 6.07. The number of carboxylic acid groups (broad SMARTS) is 1. The lowest BCUT2D eigenvalue weighted by Gasteiger charge is -2.25. The van der Waals surface area contributed by atoms with Gasteiger partial charge < -0.3 is 10.0 Å². The van der Waals surface area contributed by atoms with Gasteiger partial charge in [-0.15, -0.1) is 0 Å². The molecule has 0 aliphatic carbocycles. The molecule has 1 N–H and O–H groups in total. The SMILES string of the molecule is CN(C(=O)CCc1ccc(F)cc1)C(Cc1ccccc1)C(=O)O. The van der Waals surface area contributed by atoms with E-state index in [2.05, 4.69) is 0 Å². The maximum Gasteiger partial charge on any atom is 0.326 e. The molecule has 1 atom stereocenters. The summed E-state index contributed by atoms with van der Waals surface area (Å²) >= 11 is 0. The summed E-state index contributed by atoms with van der Waals surface area (Å²) in [6, 6.07) is 14.2. The molecule has 126 valence electrons. The van der Waals surface area contributed by atoms with Gasteiger partial charge in [0.25, 0.3) is 0 Å². The summed E-state index contributed by atoms with van der Waals surface area (Å²) in [5.74, 6) is -1.60. The number of benzene rings is 2. The topological polar surface area (TPSA) is 57.6 Å². The Morgan fingerprint density at radius 1 is 1.04 bits per heavy atom. The van der Waals surface area contributed by atoms with Crippen LogP contribution in [-0.4, -0.2) is 35.0 Å². The third-order valence-corrected chi connectivity index (χ3v) is 3.96. The summed E-state index contributed by atoms with van der Waals surface area (Å²) in [6.07, 6.45) is 0.886. The minimum Gasteiger partial charge on any atom is -0.480 e. The van der Waals surface area contributed by atoms with Crippen LogP contribution in [-0.2, 0) is 22.4 Å². The number of carboxylic acids is 1. The molecule has 2 rings (SSSR count). The second-order valence-corrected chi connectivity index (χ2v) is 5.67. The van der Waals surface area contributed by atoms with Crippen molar-refractivity contribution in [3.8, 4) is 0 Å². The van der Waals surface area contributed by atoms with Crippen LogP contribution in [0.15, 0.2) is 54.6 Å². The van der Waals surface area contributed by atoms with E-state index >= 15 is 0 Å². The minimum absolute atomic E-state index is 0.181. The van der Waals surface area contributed by atoms with Gasteiger partial charge in [0.15, 0.2) is 0 Å². The maximum atomic E-state index is 12.9. The number of carbonyl (C=O) groups excluding carboxylic acids is 1. The van der Waals surface area contributed by atoms with Gasteiger partial charge >= 0.3 is 5.97 Å². The highest BCUT2D eigenvalue weighted by atomic mass is 19.1. The highest BCUT2D eigenvalue weighted by Gasteiger charge is 2.26. The van der Waals surface area contributed by atoms with Crippen LogP contribution in [0.1, 0.15) is 17.5 Å². The number of hydrogen-bond donors (Lipinski definition) is 1. The number of amides is 1. The smallest absolute Gasteiger partial charge is 0.326 e. The van der Waals surface area contributed by atoms with Crippen molar-refractivity contribution in [3.63, 3.8) is 0 Å². The summed E-state index contributed by atoms with van der Waals surface area (Å²) in [7, 11) is 1.51. The van der Waals surface area contributed by atoms with Gasteiger partial charge in [0.05, 0.1) is 0 Å². The molecule has 0 aromatic heterocycles. The Morgan fingerprint density at radius 3 is 2.25 bits per heavy atom. The lowest BCUT2D eigenvalue weighted by atomic mass is 10.0. The number of hydrogen-bond acceptors (Lipinski definition) is 2. The van der Waals surface area contributed by atoms with Crippen LogP contribution >= 0.6 is 0 Å². The Morgan fingerprint density at radius 2 is 1.67 bits per heavy atom. The van der Waals surface area contributed by atoms with E-state index in [1.807, 2.05) is 30.3 Å². The number of aryl methyl sites for hydroxylation is 1. The fourth-order valence-electron chi connectivity index (χ4n) is 2.48. The molecule has 0 aliphatic heterocycles. The fraction of sp³-hybridized carbons (Fsp3) is 0.263. The Bertz CT molecular complexity index is 686. The van der Waals surface area contributed by atoms with Crippen molar-refractivity contribution in [1.82, 2.24) is 4.90 Å². The predicted molar refractivity (Wildman–Crippen MR) is 89.1 cm³/mol. The summed E-state index contributed by atoms with van der Waals surface area (Å²) in [6.45, 7) is 0. The van der Waals surface area contributed by atoms with Crippen LogP contribution in [0.3, 0.4) is 0 Å². The molecule has 0 spiro atoms. The van der Waals surface area contributed by atoms with Gasteiger partial charge in [-0.05, 0) is 29.7 Å². The average molecular weight is 329 g/mol. The van der Waals surface area contributed by atoms with E-state index < -0.39 is 12.0 Å². The number of carbonyl (C=O) groups is 2. The predicted octanol–water partition coefficient (Wildman–Crippen LogP) is 2.91. The van der Waals surface area contributed by atoms with Gasteiger partial charge in [0, 0.05) is 19.9 Å². The maximum absolute atomic E-state index is 12.9. The summed E-state index contributed by atoms with van der Waals surface area (Å²) in [5.41, 5.74) is 1.70. The molecular formula is C19H20FNO3. The monoisotopic (exact) mass is 329 g/mol. The molecule has 0 aliphatic rings. The van der Waals surface area contributed by atoms with Crippen molar-refractivity contribution in [3.05, 3.63) is 71.5 Å². The quantitative estimate of drug-likeness (QED) is 0.850. The fourth-order valence-corrected chi connectivity index (χ4v) is 2.48. The van der Waals surface area contributed by atoms with Gasteiger partial charge in [-0.25, -0.2) is 9.18 Å². The molecule has 5 heteroatoms. The summed E-state index contributed by atoms with van der Waals surface area (Å²) in [4.78, 5) is 25.1. The lowest BCUT2D eigenvalue weighted by molar-refractivity contribution is -0.149. The molecular weight excluding hydrogens is 309 g/mol. The molecule has 0 bridgehead atoms. The van der Waals surface area contributed by atoms with Crippen LogP contribution in [0.5, 0.6) is 0 Å². The van der Waals surface area contributed by atoms with E-state index in [1.54, 1.807) is 12.1 Å². The first kappa shape index (κ1) is 17.7. The van der Waals surface area contributed by atoms with E-state index in [9.17, 15) is 19.1 Å². The van der Waals surface area contributed by atoms with Crippen molar-refractivity contribution < 1.29 is 19.1 Å². The Balaban J connectivity index is 1.97. The molecule has 0 saturated carbocycles. The Hall–Kier alpha value is -2.69. The van der Waals surface area contributed by atoms with Crippen molar-refractivity contribution in [2.24, 2.45) is 0 Å². The molecule has 0 radical (unpaired) electrons. The van der Waals surface area contributed by atoms with Crippen LogP contribution < -0.4 is 0 Å². The van der Waals surface area contributed by atoms with E-state index in [0.29, 0.717) is 6.42 Å². The third kappa shape index (κ3) is 4.91. The average Bonchev–Trinajstić information content (AvgIpc) is 2.59. The van der Waals surface area contributed by atoms with E-state index in [4.69, 9.17) is 0 Å². The highest BCUT2D eigenvalue weighted by molar-refractivity contribution is 5.83. The summed E-state index contributed by atoms with van der Waals surface area (Å²) in [5, 5.41) is 9.43. The standard InChI is InChI=1S/C19H20FNO3/c1-21(17(19(23)24)13-15-5-3-2-4-6-15)18(22)12-9-14-7-10-16(20)11-8-14/h2-8,10-11,17H,9,12-13H2,1H3,(H,23,24). The first-order valence-corrected chi connectivity index (χ1v) is 7.74. The number of halogens is 1. The van der Waals surface area contributed by atoms with Crippen LogP contribution in [0.4, 0.5) is 4.39 Å². The number of nitrogens with zero attached hydrogens (tertiary/aromatic N) is 1. The second kappa shape index (κ2) is 8.24. The number of likely N-dealkylation sites (N-methyl/N-ethyl adjacent to an activating group) is 1. The van der Waals surface area contributed by atoms with Gasteiger partial charge in [-0.1, -0.05) is 42.5 Å². The first-order valence-electron chi connectivity index (χ1n) is 7.74. The number of rotatable bonds is 7. The van der Waals surface area contributed by atoms with Gasteiger partial charge in [0.2, 0.25) is 5.91 Å². The zero-order chi connectivity index (χ0) is 17.5. The molecule has 1 unspecified atom stereocenters. The van der Waals surface area contributed by atoms with E-state index in [-0.39, 0.29) is 24.6 Å². The van der Waals surface area contributed by atoms with Crippen LogP contribution in [0.25, 0.3) is 0 Å². The molecule has 2 aromatic carbocycles. The third-order valence-electron chi connectivity index (χ3n) is 3.96. The Labute approximate surface area is 140 Å². The van der Waals surface area contributed by atoms with Gasteiger partial charge in [-0.2, -0.15) is 0 Å². The molecule has 1 amide bonds. The normalized spacial score (nSPS) is 11.8.